The maximum Gasteiger partial charge on any atom is 0.433 e. The number of hydrogen-bond acceptors (Lipinski definition) is 4. The van der Waals surface area contributed by atoms with E-state index in [1.165, 1.54) is 6.07 Å². The molecule has 40 heavy (non-hydrogen) atoms. The van der Waals surface area contributed by atoms with E-state index in [4.69, 9.17) is 23.2 Å². The molecule has 5 nitrogen and oxygen atoms in total. The molecule has 0 spiro atoms. The summed E-state index contributed by atoms with van der Waals surface area (Å²) in [5.41, 5.74) is -0.525. The molecule has 10 heteroatoms. The molecule has 4 atom stereocenters. The second-order valence-corrected chi connectivity index (χ2v) is 12.1. The lowest BCUT2D eigenvalue weighted by molar-refractivity contribution is -0.141. The van der Waals surface area contributed by atoms with Gasteiger partial charge in [0.25, 0.3) is 0 Å². The van der Waals surface area contributed by atoms with E-state index in [2.05, 4.69) is 42.5 Å². The molecule has 0 bridgehead atoms. The van der Waals surface area contributed by atoms with Crippen molar-refractivity contribution in [1.82, 2.24) is 15.6 Å². The topological polar surface area (TPSA) is 77.8 Å². The number of carbonyl (C=O) groups excluding carboxylic acids is 1. The zero-order valence-electron chi connectivity index (χ0n) is 22.2. The lowest BCUT2D eigenvalue weighted by Crippen LogP contribution is -2.45. The molecular weight excluding hydrogens is 560 g/mol. The van der Waals surface area contributed by atoms with Crippen molar-refractivity contribution in [1.29, 1.82) is 5.26 Å². The number of pyridine rings is 1. The fourth-order valence-electron chi connectivity index (χ4n) is 5.45. The molecular formula is C30H29Cl2F3N4O. The summed E-state index contributed by atoms with van der Waals surface area (Å²) < 4.78 is 38.7. The van der Waals surface area contributed by atoms with E-state index >= 15 is 0 Å². The summed E-state index contributed by atoms with van der Waals surface area (Å²) in [6, 6.07) is 17.7. The van der Waals surface area contributed by atoms with Gasteiger partial charge in [0, 0.05) is 34.7 Å². The summed E-state index contributed by atoms with van der Waals surface area (Å²) in [6.45, 7) is 6.17. The zero-order chi connectivity index (χ0) is 29.3. The van der Waals surface area contributed by atoms with Crippen LogP contribution in [0.25, 0.3) is 0 Å². The van der Waals surface area contributed by atoms with Gasteiger partial charge in [0.2, 0.25) is 5.91 Å². The molecule has 1 aliphatic rings. The summed E-state index contributed by atoms with van der Waals surface area (Å²) in [5, 5.41) is 18.2. The van der Waals surface area contributed by atoms with Gasteiger partial charge in [-0.3, -0.25) is 9.78 Å². The molecule has 0 aliphatic carbocycles. The Bertz CT molecular complexity index is 1400. The second kappa shape index (κ2) is 11.4. The first-order valence-electron chi connectivity index (χ1n) is 12.7. The Labute approximate surface area is 241 Å². The van der Waals surface area contributed by atoms with Gasteiger partial charge < -0.3 is 10.6 Å². The van der Waals surface area contributed by atoms with Gasteiger partial charge in [-0.05, 0) is 58.9 Å². The molecule has 1 fully saturated rings. The molecule has 210 valence electrons. The molecule has 2 N–H and O–H groups in total. The number of amides is 1. The number of nitriles is 1. The lowest BCUT2D eigenvalue weighted by atomic mass is 9.63. The number of hydrogen-bond donors (Lipinski definition) is 2. The minimum atomic E-state index is -4.55. The van der Waals surface area contributed by atoms with Crippen LogP contribution in [0.5, 0.6) is 0 Å². The predicted octanol–water partition coefficient (Wildman–Crippen LogP) is 7.05. The summed E-state index contributed by atoms with van der Waals surface area (Å²) in [4.78, 5) is 17.2. The number of rotatable bonds is 6. The van der Waals surface area contributed by atoms with Crippen molar-refractivity contribution in [3.8, 4) is 6.07 Å². The van der Waals surface area contributed by atoms with E-state index in [1.54, 1.807) is 30.3 Å². The van der Waals surface area contributed by atoms with Crippen molar-refractivity contribution in [3.63, 3.8) is 0 Å². The van der Waals surface area contributed by atoms with Crippen molar-refractivity contribution in [2.45, 2.75) is 63.3 Å². The van der Waals surface area contributed by atoms with Crippen molar-refractivity contribution < 1.29 is 18.0 Å². The third-order valence-electron chi connectivity index (χ3n) is 7.15. The first-order chi connectivity index (χ1) is 18.7. The molecule has 2 heterocycles. The Morgan fingerprint density at radius 3 is 2.33 bits per heavy atom. The van der Waals surface area contributed by atoms with Crippen LogP contribution in [0.4, 0.5) is 13.2 Å². The van der Waals surface area contributed by atoms with Crippen molar-refractivity contribution in [2.75, 3.05) is 0 Å². The molecule has 2 aromatic carbocycles. The van der Waals surface area contributed by atoms with Gasteiger partial charge in [0.15, 0.2) is 0 Å². The third kappa shape index (κ3) is 6.27. The number of halogens is 5. The maximum absolute atomic E-state index is 13.8. The average molecular weight is 589 g/mol. The molecule has 1 aliphatic heterocycles. The zero-order valence-corrected chi connectivity index (χ0v) is 23.7. The number of benzene rings is 2. The van der Waals surface area contributed by atoms with Crippen LogP contribution in [0.2, 0.25) is 10.0 Å². The van der Waals surface area contributed by atoms with Crippen LogP contribution >= 0.6 is 23.2 Å². The van der Waals surface area contributed by atoms with Crippen LogP contribution in [0.3, 0.4) is 0 Å². The van der Waals surface area contributed by atoms with Crippen LogP contribution in [0, 0.1) is 16.7 Å². The standard InChI is InChI=1S/C30H29Cl2F3N4O/c1-28(2,3)14-24-29(17-36,20-8-10-21(31)11-9-20)25(19-5-4-6-22(32)13-19)26(39-24)27(40)38-16-18-7-12-23(37-15-18)30(33,34)35/h4-13,15,24-26,39H,14,16H2,1-3H3,(H,38,40)/t24-,25-,26+,29-/m0/s1. The highest BCUT2D eigenvalue weighted by Gasteiger charge is 2.59. The largest absolute Gasteiger partial charge is 0.433 e. The van der Waals surface area contributed by atoms with Crippen molar-refractivity contribution >= 4 is 29.1 Å². The molecule has 3 aromatic rings. The monoisotopic (exact) mass is 588 g/mol. The maximum atomic E-state index is 13.8. The Balaban J connectivity index is 1.75. The lowest BCUT2D eigenvalue weighted by Gasteiger charge is -2.37. The minimum Gasteiger partial charge on any atom is -0.351 e. The van der Waals surface area contributed by atoms with E-state index in [0.717, 1.165) is 12.3 Å². The van der Waals surface area contributed by atoms with Gasteiger partial charge in [-0.25, -0.2) is 0 Å². The van der Waals surface area contributed by atoms with Crippen LogP contribution in [0.15, 0.2) is 66.9 Å². The fraction of sp³-hybridized carbons (Fsp3) is 0.367. The van der Waals surface area contributed by atoms with Gasteiger partial charge in [-0.15, -0.1) is 0 Å². The van der Waals surface area contributed by atoms with Crippen LogP contribution < -0.4 is 10.6 Å². The number of nitrogens with one attached hydrogen (secondary N) is 2. The molecule has 1 amide bonds. The third-order valence-corrected chi connectivity index (χ3v) is 7.64. The van der Waals surface area contributed by atoms with Crippen LogP contribution in [-0.2, 0) is 22.9 Å². The molecule has 4 rings (SSSR count). The van der Waals surface area contributed by atoms with Gasteiger partial charge in [0.05, 0.1) is 12.1 Å². The van der Waals surface area contributed by atoms with Crippen molar-refractivity contribution in [3.05, 3.63) is 99.3 Å². The van der Waals surface area contributed by atoms with Gasteiger partial charge in [0.1, 0.15) is 11.1 Å². The molecule has 1 saturated heterocycles. The Kier molecular flexibility index (Phi) is 8.51. The van der Waals surface area contributed by atoms with E-state index in [9.17, 15) is 23.2 Å². The van der Waals surface area contributed by atoms with Crippen molar-refractivity contribution in [2.24, 2.45) is 5.41 Å². The Hall–Kier alpha value is -3.12. The molecule has 0 unspecified atom stereocenters. The smallest absolute Gasteiger partial charge is 0.351 e. The highest BCUT2D eigenvalue weighted by Crippen LogP contribution is 2.51. The van der Waals surface area contributed by atoms with Crippen LogP contribution in [0.1, 0.15) is 55.5 Å². The fourth-order valence-corrected chi connectivity index (χ4v) is 5.78. The Morgan fingerprint density at radius 1 is 1.07 bits per heavy atom. The summed E-state index contributed by atoms with van der Waals surface area (Å²) in [6.07, 6.45) is -2.88. The van der Waals surface area contributed by atoms with E-state index in [0.29, 0.717) is 33.2 Å². The number of alkyl halides is 3. The second-order valence-electron chi connectivity index (χ2n) is 11.2. The van der Waals surface area contributed by atoms with Gasteiger partial charge >= 0.3 is 6.18 Å². The summed E-state index contributed by atoms with van der Waals surface area (Å²) in [7, 11) is 0. The number of nitrogens with zero attached hydrogens (tertiary/aromatic N) is 2. The van der Waals surface area contributed by atoms with Gasteiger partial charge in [-0.2, -0.15) is 18.4 Å². The van der Waals surface area contributed by atoms with Crippen LogP contribution in [-0.4, -0.2) is 23.0 Å². The van der Waals surface area contributed by atoms with Gasteiger partial charge in [-0.1, -0.05) is 74.3 Å². The quantitative estimate of drug-likeness (QED) is 0.323. The number of carbonyl (C=O) groups is 1. The molecule has 0 radical (unpaired) electrons. The SMILES string of the molecule is CC(C)(C)C[C@@H]1N[C@@H](C(=O)NCc2ccc(C(F)(F)F)nc2)[C@H](c2cccc(Cl)c2)[C@@]1(C#N)c1ccc(Cl)cc1. The van der Waals surface area contributed by atoms with E-state index < -0.39 is 41.2 Å². The molecule has 0 saturated carbocycles. The normalized spacial score (nSPS) is 23.0. The first-order valence-corrected chi connectivity index (χ1v) is 13.5. The average Bonchev–Trinajstić information content (AvgIpc) is 3.20. The molecule has 1 aromatic heterocycles. The highest BCUT2D eigenvalue weighted by atomic mass is 35.5. The predicted molar refractivity (Wildman–Crippen MR) is 149 cm³/mol. The minimum absolute atomic E-state index is 0.0329. The number of aromatic nitrogens is 1. The van der Waals surface area contributed by atoms with E-state index in [1.807, 2.05) is 18.2 Å². The first kappa shape index (κ1) is 29.9. The summed E-state index contributed by atoms with van der Waals surface area (Å²) in [5.74, 6) is -1.04. The highest BCUT2D eigenvalue weighted by molar-refractivity contribution is 6.30. The van der Waals surface area contributed by atoms with E-state index in [-0.39, 0.29) is 12.0 Å². The summed E-state index contributed by atoms with van der Waals surface area (Å²) >= 11 is 12.6. The Morgan fingerprint density at radius 2 is 1.77 bits per heavy atom.